The van der Waals surface area contributed by atoms with Gasteiger partial charge in [-0.25, -0.2) is 0 Å². The molecule has 0 saturated heterocycles. The zero-order valence-corrected chi connectivity index (χ0v) is 9.90. The van der Waals surface area contributed by atoms with Crippen LogP contribution in [0.1, 0.15) is 11.3 Å². The Kier molecular flexibility index (Phi) is 2.61. The van der Waals surface area contributed by atoms with Gasteiger partial charge in [0.2, 0.25) is 0 Å². The molecule has 14 heavy (non-hydrogen) atoms. The van der Waals surface area contributed by atoms with E-state index in [2.05, 4.69) is 51.4 Å². The zero-order chi connectivity index (χ0) is 10.1. The molecular formula is C11H13BrN2. The van der Waals surface area contributed by atoms with E-state index in [-0.39, 0.29) is 0 Å². The van der Waals surface area contributed by atoms with Gasteiger partial charge < -0.3 is 10.3 Å². The number of hydrogen-bond donors (Lipinski definition) is 2. The largest absolute Gasteiger partial charge is 0.356 e. The number of nitrogens with one attached hydrogen (secondary N) is 2. The second-order valence-electron chi connectivity index (χ2n) is 3.50. The van der Waals surface area contributed by atoms with Crippen LogP contribution < -0.4 is 5.32 Å². The molecule has 0 aliphatic carbocycles. The first-order chi connectivity index (χ1) is 6.72. The normalized spacial score (nSPS) is 11.1. The van der Waals surface area contributed by atoms with Gasteiger partial charge in [-0.3, -0.25) is 0 Å². The summed E-state index contributed by atoms with van der Waals surface area (Å²) >= 11 is 3.61. The van der Waals surface area contributed by atoms with E-state index in [0.29, 0.717) is 0 Å². The molecular weight excluding hydrogens is 240 g/mol. The number of benzene rings is 1. The van der Waals surface area contributed by atoms with Crippen molar-refractivity contribution >= 4 is 26.8 Å². The lowest BCUT2D eigenvalue weighted by Crippen LogP contribution is -2.05. The maximum Gasteiger partial charge on any atom is 0.0474 e. The van der Waals surface area contributed by atoms with Crippen LogP contribution in [0.3, 0.4) is 0 Å². The van der Waals surface area contributed by atoms with E-state index in [4.69, 9.17) is 0 Å². The number of aromatic amines is 1. The lowest BCUT2D eigenvalue weighted by Gasteiger charge is -1.95. The quantitative estimate of drug-likeness (QED) is 0.846. The molecule has 0 saturated carbocycles. The predicted molar refractivity (Wildman–Crippen MR) is 63.5 cm³/mol. The number of halogens is 1. The average Bonchev–Trinajstić information content (AvgIpc) is 2.44. The fourth-order valence-corrected chi connectivity index (χ4v) is 2.22. The molecule has 1 aromatic carbocycles. The molecule has 1 aromatic heterocycles. The van der Waals surface area contributed by atoms with E-state index in [9.17, 15) is 0 Å². The number of aromatic nitrogens is 1. The van der Waals surface area contributed by atoms with Gasteiger partial charge in [-0.05, 0) is 41.5 Å². The third-order valence-electron chi connectivity index (χ3n) is 2.32. The van der Waals surface area contributed by atoms with Crippen molar-refractivity contribution in [3.63, 3.8) is 0 Å². The highest BCUT2D eigenvalue weighted by atomic mass is 79.9. The van der Waals surface area contributed by atoms with Gasteiger partial charge in [-0.1, -0.05) is 12.1 Å². The molecule has 0 unspecified atom stereocenters. The van der Waals surface area contributed by atoms with Crippen molar-refractivity contribution in [1.82, 2.24) is 10.3 Å². The lowest BCUT2D eigenvalue weighted by molar-refractivity contribution is 0.796. The summed E-state index contributed by atoms with van der Waals surface area (Å²) in [6.07, 6.45) is 0. The minimum atomic E-state index is 0.855. The van der Waals surface area contributed by atoms with Gasteiger partial charge in [0, 0.05) is 27.6 Å². The minimum Gasteiger partial charge on any atom is -0.356 e. The number of rotatable bonds is 2. The van der Waals surface area contributed by atoms with Gasteiger partial charge >= 0.3 is 0 Å². The molecule has 2 aromatic rings. The van der Waals surface area contributed by atoms with Crippen molar-refractivity contribution in [2.24, 2.45) is 0 Å². The highest BCUT2D eigenvalue weighted by Gasteiger charge is 2.07. The molecule has 0 aliphatic rings. The van der Waals surface area contributed by atoms with Crippen LogP contribution in [-0.4, -0.2) is 12.0 Å². The Labute approximate surface area is 91.8 Å². The first-order valence-electron chi connectivity index (χ1n) is 4.63. The van der Waals surface area contributed by atoms with Crippen LogP contribution >= 0.6 is 15.9 Å². The predicted octanol–water partition coefficient (Wildman–Crippen LogP) is 2.96. The second-order valence-corrected chi connectivity index (χ2v) is 4.29. The maximum absolute atomic E-state index is 3.61. The van der Waals surface area contributed by atoms with Crippen LogP contribution in [0, 0.1) is 6.92 Å². The van der Waals surface area contributed by atoms with Crippen molar-refractivity contribution in [3.8, 4) is 0 Å². The van der Waals surface area contributed by atoms with E-state index in [1.54, 1.807) is 0 Å². The fraction of sp³-hybridized carbons (Fsp3) is 0.273. The van der Waals surface area contributed by atoms with Crippen LogP contribution in [0.2, 0.25) is 0 Å². The molecule has 0 bridgehead atoms. The van der Waals surface area contributed by atoms with Crippen molar-refractivity contribution in [2.75, 3.05) is 7.05 Å². The smallest absolute Gasteiger partial charge is 0.0474 e. The Morgan fingerprint density at radius 2 is 2.21 bits per heavy atom. The van der Waals surface area contributed by atoms with Crippen molar-refractivity contribution in [1.29, 1.82) is 0 Å². The Morgan fingerprint density at radius 3 is 2.93 bits per heavy atom. The van der Waals surface area contributed by atoms with Crippen LogP contribution in [0.15, 0.2) is 22.7 Å². The van der Waals surface area contributed by atoms with Crippen molar-refractivity contribution in [3.05, 3.63) is 33.9 Å². The highest BCUT2D eigenvalue weighted by molar-refractivity contribution is 9.10. The molecule has 0 amide bonds. The Bertz CT molecular complexity index is 460. The first-order valence-corrected chi connectivity index (χ1v) is 5.43. The summed E-state index contributed by atoms with van der Waals surface area (Å²) in [4.78, 5) is 3.40. The van der Waals surface area contributed by atoms with Crippen molar-refractivity contribution in [2.45, 2.75) is 13.5 Å². The summed E-state index contributed by atoms with van der Waals surface area (Å²) in [5.74, 6) is 0. The molecule has 2 nitrogen and oxygen atoms in total. The minimum absolute atomic E-state index is 0.855. The summed E-state index contributed by atoms with van der Waals surface area (Å²) in [6, 6.07) is 6.44. The van der Waals surface area contributed by atoms with Gasteiger partial charge in [-0.2, -0.15) is 0 Å². The molecule has 74 valence electrons. The third kappa shape index (κ3) is 1.57. The van der Waals surface area contributed by atoms with E-state index in [0.717, 1.165) is 6.54 Å². The molecule has 1 heterocycles. The molecule has 0 fully saturated rings. The van der Waals surface area contributed by atoms with Crippen LogP contribution in [0.5, 0.6) is 0 Å². The summed E-state index contributed by atoms with van der Waals surface area (Å²) in [7, 11) is 1.95. The SMILES string of the molecule is CNCc1[nH]c2cc(C)ccc2c1Br. The second kappa shape index (κ2) is 3.75. The monoisotopic (exact) mass is 252 g/mol. The van der Waals surface area contributed by atoms with E-state index >= 15 is 0 Å². The van der Waals surface area contributed by atoms with Gasteiger partial charge in [0.05, 0.1) is 0 Å². The van der Waals surface area contributed by atoms with E-state index in [1.165, 1.54) is 26.6 Å². The van der Waals surface area contributed by atoms with Crippen LogP contribution in [0.25, 0.3) is 10.9 Å². The number of fused-ring (bicyclic) bond motifs is 1. The maximum atomic E-state index is 3.61. The first kappa shape index (κ1) is 9.74. The van der Waals surface area contributed by atoms with Gasteiger partial charge in [0.15, 0.2) is 0 Å². The van der Waals surface area contributed by atoms with Crippen LogP contribution in [0.4, 0.5) is 0 Å². The molecule has 3 heteroatoms. The molecule has 2 rings (SSSR count). The number of H-pyrrole nitrogens is 1. The Morgan fingerprint density at radius 1 is 1.43 bits per heavy atom. The summed E-state index contributed by atoms with van der Waals surface area (Å²) in [6.45, 7) is 2.96. The molecule has 0 atom stereocenters. The Hall–Kier alpha value is -0.800. The van der Waals surface area contributed by atoms with E-state index in [1.807, 2.05) is 7.05 Å². The fourth-order valence-electron chi connectivity index (χ4n) is 1.63. The highest BCUT2D eigenvalue weighted by Crippen LogP contribution is 2.28. The van der Waals surface area contributed by atoms with E-state index < -0.39 is 0 Å². The topological polar surface area (TPSA) is 27.8 Å². The molecule has 0 aliphatic heterocycles. The number of hydrogen-bond acceptors (Lipinski definition) is 1. The Balaban J connectivity index is 2.61. The molecule has 2 N–H and O–H groups in total. The van der Waals surface area contributed by atoms with Gasteiger partial charge in [-0.15, -0.1) is 0 Å². The van der Waals surface area contributed by atoms with Crippen LogP contribution in [-0.2, 0) is 6.54 Å². The molecule has 0 spiro atoms. The lowest BCUT2D eigenvalue weighted by atomic mass is 10.2. The standard InChI is InChI=1S/C11H13BrN2/c1-7-3-4-8-9(5-7)14-10(6-13-2)11(8)12/h3-5,13-14H,6H2,1-2H3. The van der Waals surface area contributed by atoms with Gasteiger partial charge in [0.25, 0.3) is 0 Å². The summed E-state index contributed by atoms with van der Waals surface area (Å²) in [5.41, 5.74) is 3.68. The van der Waals surface area contributed by atoms with Gasteiger partial charge in [0.1, 0.15) is 0 Å². The average molecular weight is 253 g/mol. The zero-order valence-electron chi connectivity index (χ0n) is 8.32. The summed E-state index contributed by atoms with van der Waals surface area (Å²) < 4.78 is 1.17. The van der Waals surface area contributed by atoms with Crippen molar-refractivity contribution < 1.29 is 0 Å². The third-order valence-corrected chi connectivity index (χ3v) is 3.22. The molecule has 0 radical (unpaired) electrons. The number of aryl methyl sites for hydroxylation is 1. The summed E-state index contributed by atoms with van der Waals surface area (Å²) in [5, 5.41) is 4.39.